The van der Waals surface area contributed by atoms with Crippen molar-refractivity contribution < 1.29 is 0 Å². The SMILES string of the molecule is CN=CC(C1=CNC2=CC=C(N=C(N)C=C(C=N)C(C)C)NC2=C1)=C(N)CN1CCN(c2cccnc2)CC1. The van der Waals surface area contributed by atoms with Gasteiger partial charge < -0.3 is 32.4 Å². The average Bonchev–Trinajstić information content (AvgIpc) is 2.95. The summed E-state index contributed by atoms with van der Waals surface area (Å²) in [6.45, 7) is 8.37. The van der Waals surface area contributed by atoms with Crippen LogP contribution in [0.2, 0.25) is 0 Å². The number of rotatable bonds is 9. The fourth-order valence-corrected chi connectivity index (χ4v) is 4.53. The van der Waals surface area contributed by atoms with Crippen LogP contribution in [0.3, 0.4) is 0 Å². The topological polar surface area (TPSA) is 144 Å². The molecule has 1 saturated heterocycles. The Hall–Kier alpha value is -4.44. The Morgan fingerprint density at radius 2 is 1.97 bits per heavy atom. The van der Waals surface area contributed by atoms with Gasteiger partial charge in [-0.2, -0.15) is 0 Å². The fourth-order valence-electron chi connectivity index (χ4n) is 4.53. The quantitative estimate of drug-likeness (QED) is 0.245. The summed E-state index contributed by atoms with van der Waals surface area (Å²) in [6, 6.07) is 4.07. The zero-order valence-electron chi connectivity index (χ0n) is 22.9. The largest absolute Gasteiger partial charge is 0.400 e. The lowest BCUT2D eigenvalue weighted by Gasteiger charge is -2.36. The Labute approximate surface area is 230 Å². The van der Waals surface area contributed by atoms with E-state index in [4.69, 9.17) is 16.9 Å². The van der Waals surface area contributed by atoms with Crippen LogP contribution in [0.4, 0.5) is 5.69 Å². The summed E-state index contributed by atoms with van der Waals surface area (Å²) in [6.07, 6.45) is 16.4. The molecule has 7 N–H and O–H groups in total. The van der Waals surface area contributed by atoms with Crippen LogP contribution in [0.1, 0.15) is 13.8 Å². The first-order valence-corrected chi connectivity index (χ1v) is 13.1. The minimum Gasteiger partial charge on any atom is -0.400 e. The number of aliphatic imine (C=N–C) groups is 2. The fraction of sp³-hybridized carbons (Fsp3) is 0.310. The summed E-state index contributed by atoms with van der Waals surface area (Å²) in [5.74, 6) is 1.14. The third-order valence-electron chi connectivity index (χ3n) is 6.73. The minimum absolute atomic E-state index is 0.190. The number of pyridine rings is 1. The summed E-state index contributed by atoms with van der Waals surface area (Å²) in [7, 11) is 1.75. The van der Waals surface area contributed by atoms with Crippen molar-refractivity contribution in [2.24, 2.45) is 27.4 Å². The molecule has 4 heterocycles. The standard InChI is InChI=1S/C29H38N10/c1-20(2)21(15-30)14-28(32)37-29-7-6-26-27(36-29)13-22(16-35-26)24(18-33-3)25(31)19-38-9-11-39(12-10-38)23-5-4-8-34-17-23/h4-8,13-18,20,30,35-36H,9-12,19,31H2,1-3H3,(H2,32,37). The number of hydrogen-bond acceptors (Lipinski definition) is 9. The zero-order valence-corrected chi connectivity index (χ0v) is 22.9. The van der Waals surface area contributed by atoms with Crippen LogP contribution >= 0.6 is 0 Å². The monoisotopic (exact) mass is 526 g/mol. The van der Waals surface area contributed by atoms with E-state index in [9.17, 15) is 0 Å². The van der Waals surface area contributed by atoms with E-state index in [-0.39, 0.29) is 5.92 Å². The molecule has 10 heteroatoms. The van der Waals surface area contributed by atoms with E-state index in [1.165, 1.54) is 6.21 Å². The summed E-state index contributed by atoms with van der Waals surface area (Å²) in [4.78, 5) is 17.7. The van der Waals surface area contributed by atoms with Crippen LogP contribution < -0.4 is 27.0 Å². The number of nitrogens with two attached hydrogens (primary N) is 2. The van der Waals surface area contributed by atoms with Crippen molar-refractivity contribution in [2.45, 2.75) is 13.8 Å². The number of nitrogens with one attached hydrogen (secondary N) is 3. The van der Waals surface area contributed by atoms with Crippen LogP contribution in [0.25, 0.3) is 0 Å². The van der Waals surface area contributed by atoms with E-state index in [1.54, 1.807) is 19.3 Å². The number of anilines is 1. The summed E-state index contributed by atoms with van der Waals surface area (Å²) in [5.41, 5.74) is 19.1. The second-order valence-electron chi connectivity index (χ2n) is 9.84. The van der Waals surface area contributed by atoms with Crippen LogP contribution in [0, 0.1) is 11.3 Å². The van der Waals surface area contributed by atoms with E-state index in [0.717, 1.165) is 65.7 Å². The Morgan fingerprint density at radius 1 is 1.18 bits per heavy atom. The number of nitrogens with zero attached hydrogens (tertiary/aromatic N) is 5. The third kappa shape index (κ3) is 7.11. The van der Waals surface area contributed by atoms with E-state index >= 15 is 0 Å². The second-order valence-corrected chi connectivity index (χ2v) is 9.84. The molecule has 4 rings (SSSR count). The molecule has 3 aliphatic rings. The molecule has 10 nitrogen and oxygen atoms in total. The zero-order chi connectivity index (χ0) is 27.8. The van der Waals surface area contributed by atoms with E-state index in [0.29, 0.717) is 18.2 Å². The Balaban J connectivity index is 1.46. The molecule has 3 aliphatic heterocycles. The van der Waals surface area contributed by atoms with E-state index in [2.05, 4.69) is 41.5 Å². The summed E-state index contributed by atoms with van der Waals surface area (Å²) < 4.78 is 0. The highest BCUT2D eigenvalue weighted by molar-refractivity contribution is 5.97. The molecule has 0 saturated carbocycles. The molecule has 0 atom stereocenters. The maximum atomic E-state index is 7.58. The predicted molar refractivity (Wildman–Crippen MR) is 160 cm³/mol. The lowest BCUT2D eigenvalue weighted by molar-refractivity contribution is 0.277. The first-order valence-electron chi connectivity index (χ1n) is 13.1. The smallest absolute Gasteiger partial charge is 0.132 e. The summed E-state index contributed by atoms with van der Waals surface area (Å²) >= 11 is 0. The van der Waals surface area contributed by atoms with Gasteiger partial charge in [0.25, 0.3) is 0 Å². The predicted octanol–water partition coefficient (Wildman–Crippen LogP) is 2.41. The maximum absolute atomic E-state index is 7.58. The molecule has 0 amide bonds. The molecule has 0 unspecified atom stereocenters. The van der Waals surface area contributed by atoms with Gasteiger partial charge >= 0.3 is 0 Å². The Kier molecular flexibility index (Phi) is 9.11. The lowest BCUT2D eigenvalue weighted by Crippen LogP contribution is -2.47. The van der Waals surface area contributed by atoms with Gasteiger partial charge in [0.15, 0.2) is 0 Å². The molecule has 0 bridgehead atoms. The number of hydrogen-bond donors (Lipinski definition) is 5. The molecule has 1 aromatic heterocycles. The molecule has 1 aromatic rings. The van der Waals surface area contributed by atoms with Crippen molar-refractivity contribution in [1.82, 2.24) is 20.5 Å². The normalized spacial score (nSPS) is 19.3. The van der Waals surface area contributed by atoms with Gasteiger partial charge in [0.1, 0.15) is 11.7 Å². The van der Waals surface area contributed by atoms with Crippen molar-refractivity contribution in [3.05, 3.63) is 94.7 Å². The molecule has 0 radical (unpaired) electrons. The molecule has 204 valence electrons. The van der Waals surface area contributed by atoms with Gasteiger partial charge in [-0.1, -0.05) is 13.8 Å². The van der Waals surface area contributed by atoms with Crippen LogP contribution in [-0.2, 0) is 0 Å². The van der Waals surface area contributed by atoms with E-state index < -0.39 is 0 Å². The van der Waals surface area contributed by atoms with Crippen molar-refractivity contribution in [1.29, 1.82) is 5.41 Å². The number of amidine groups is 1. The van der Waals surface area contributed by atoms with Gasteiger partial charge in [0.2, 0.25) is 0 Å². The highest BCUT2D eigenvalue weighted by Crippen LogP contribution is 2.24. The lowest BCUT2D eigenvalue weighted by atomic mass is 10.00. The summed E-state index contributed by atoms with van der Waals surface area (Å²) in [5, 5.41) is 14.3. The number of piperazine rings is 1. The Bertz CT molecular complexity index is 1300. The van der Waals surface area contributed by atoms with Crippen molar-refractivity contribution in [3.8, 4) is 0 Å². The average molecular weight is 527 g/mol. The number of fused-ring (bicyclic) bond motifs is 1. The number of allylic oxidation sites excluding steroid dienone is 6. The molecule has 39 heavy (non-hydrogen) atoms. The molecular weight excluding hydrogens is 488 g/mol. The molecule has 0 aliphatic carbocycles. The van der Waals surface area contributed by atoms with Crippen molar-refractivity contribution in [2.75, 3.05) is 44.7 Å². The van der Waals surface area contributed by atoms with Gasteiger partial charge in [-0.05, 0) is 47.9 Å². The first kappa shape index (κ1) is 27.6. The molecule has 0 aromatic carbocycles. The van der Waals surface area contributed by atoms with Crippen molar-refractivity contribution >= 4 is 24.0 Å². The molecular formula is C29H38N10. The second kappa shape index (κ2) is 12.9. The van der Waals surface area contributed by atoms with Crippen LogP contribution in [0.15, 0.2) is 105 Å². The van der Waals surface area contributed by atoms with Gasteiger partial charge in [-0.3, -0.25) is 14.9 Å². The number of aromatic nitrogens is 1. The van der Waals surface area contributed by atoms with Gasteiger partial charge in [-0.25, -0.2) is 4.99 Å². The van der Waals surface area contributed by atoms with Gasteiger partial charge in [-0.15, -0.1) is 0 Å². The van der Waals surface area contributed by atoms with Gasteiger partial charge in [0.05, 0.1) is 23.3 Å². The van der Waals surface area contributed by atoms with Crippen molar-refractivity contribution in [3.63, 3.8) is 0 Å². The first-order chi connectivity index (χ1) is 18.9. The molecule has 0 spiro atoms. The highest BCUT2D eigenvalue weighted by Gasteiger charge is 2.21. The maximum Gasteiger partial charge on any atom is 0.132 e. The number of dihydropyridines is 2. The Morgan fingerprint density at radius 3 is 2.64 bits per heavy atom. The van der Waals surface area contributed by atoms with Crippen LogP contribution in [0.5, 0.6) is 0 Å². The third-order valence-corrected chi connectivity index (χ3v) is 6.73. The van der Waals surface area contributed by atoms with Gasteiger partial charge in [0, 0.05) is 81.4 Å². The minimum atomic E-state index is 0.190. The van der Waals surface area contributed by atoms with Crippen LogP contribution in [-0.4, -0.2) is 67.9 Å². The molecule has 1 fully saturated rings. The van der Waals surface area contributed by atoms with E-state index in [1.807, 2.05) is 56.8 Å². The highest BCUT2D eigenvalue weighted by atomic mass is 15.3.